The summed E-state index contributed by atoms with van der Waals surface area (Å²) in [6, 6.07) is 7.36. The van der Waals surface area contributed by atoms with Gasteiger partial charge in [0, 0.05) is 6.04 Å². The largest absolute Gasteiger partial charge is 0.240 e. The first-order valence-corrected chi connectivity index (χ1v) is 7.57. The maximum absolute atomic E-state index is 11.9. The molecule has 0 saturated heterocycles. The van der Waals surface area contributed by atoms with E-state index >= 15 is 0 Å². The fourth-order valence-corrected chi connectivity index (χ4v) is 3.07. The van der Waals surface area contributed by atoms with E-state index in [9.17, 15) is 8.42 Å². The average Bonchev–Trinajstić information content (AvgIpc) is 3.01. The first-order valence-electron chi connectivity index (χ1n) is 6.08. The van der Waals surface area contributed by atoms with Crippen LogP contribution < -0.4 is 4.72 Å². The van der Waals surface area contributed by atoms with Crippen LogP contribution in [0.25, 0.3) is 0 Å². The Morgan fingerprint density at radius 1 is 1.24 bits per heavy atom. The fraction of sp³-hybridized carbons (Fsp3) is 0.538. The van der Waals surface area contributed by atoms with Crippen LogP contribution in [0.15, 0.2) is 29.2 Å². The lowest BCUT2D eigenvalue weighted by atomic mass is 10.0. The summed E-state index contributed by atoms with van der Waals surface area (Å²) in [6.45, 7) is 4.30. The van der Waals surface area contributed by atoms with E-state index in [-0.39, 0.29) is 6.04 Å². The van der Waals surface area contributed by atoms with Crippen LogP contribution in [-0.2, 0) is 16.4 Å². The number of nitrogens with one attached hydrogen (secondary N) is 1. The molecule has 2 rings (SSSR count). The Morgan fingerprint density at radius 2 is 1.82 bits per heavy atom. The SMILES string of the molecule is CC(C)Cc1ccc(S(=O)(=O)NC2CC2)cc1. The summed E-state index contributed by atoms with van der Waals surface area (Å²) in [6.07, 6.45) is 2.91. The lowest BCUT2D eigenvalue weighted by molar-refractivity contribution is 0.581. The Balaban J connectivity index is 2.11. The van der Waals surface area contributed by atoms with Crippen LogP contribution in [0.1, 0.15) is 32.3 Å². The second-order valence-electron chi connectivity index (χ2n) is 5.14. The van der Waals surface area contributed by atoms with Crippen LogP contribution in [0.3, 0.4) is 0 Å². The Labute approximate surface area is 103 Å². The number of rotatable bonds is 5. The van der Waals surface area contributed by atoms with E-state index in [1.807, 2.05) is 12.1 Å². The quantitative estimate of drug-likeness (QED) is 0.875. The van der Waals surface area contributed by atoms with E-state index in [1.165, 1.54) is 5.56 Å². The molecule has 0 amide bonds. The van der Waals surface area contributed by atoms with Gasteiger partial charge in [-0.1, -0.05) is 26.0 Å². The molecule has 0 radical (unpaired) electrons. The Morgan fingerprint density at radius 3 is 2.29 bits per heavy atom. The van der Waals surface area contributed by atoms with E-state index in [0.717, 1.165) is 19.3 Å². The molecule has 0 spiro atoms. The highest BCUT2D eigenvalue weighted by Gasteiger charge is 2.27. The van der Waals surface area contributed by atoms with Crippen LogP contribution in [-0.4, -0.2) is 14.5 Å². The second-order valence-corrected chi connectivity index (χ2v) is 6.85. The fourth-order valence-electron chi connectivity index (χ4n) is 1.76. The maximum Gasteiger partial charge on any atom is 0.240 e. The highest BCUT2D eigenvalue weighted by Crippen LogP contribution is 2.22. The zero-order valence-corrected chi connectivity index (χ0v) is 11.1. The normalized spacial score (nSPS) is 16.4. The molecule has 1 N–H and O–H groups in total. The standard InChI is InChI=1S/C13H19NO2S/c1-10(2)9-11-3-7-13(8-4-11)17(15,16)14-12-5-6-12/h3-4,7-8,10,12,14H,5-6,9H2,1-2H3. The zero-order valence-electron chi connectivity index (χ0n) is 10.3. The smallest absolute Gasteiger partial charge is 0.208 e. The summed E-state index contributed by atoms with van der Waals surface area (Å²) in [5.74, 6) is 0.585. The molecule has 4 heteroatoms. The van der Waals surface area contributed by atoms with E-state index in [4.69, 9.17) is 0 Å². The van der Waals surface area contributed by atoms with Crippen LogP contribution in [0.4, 0.5) is 0 Å². The summed E-state index contributed by atoms with van der Waals surface area (Å²) in [5, 5.41) is 0. The van der Waals surface area contributed by atoms with Crippen molar-refractivity contribution in [1.82, 2.24) is 4.72 Å². The molecule has 1 saturated carbocycles. The molecule has 0 atom stereocenters. The van der Waals surface area contributed by atoms with Crippen LogP contribution >= 0.6 is 0 Å². The molecule has 0 heterocycles. The third-order valence-electron chi connectivity index (χ3n) is 2.78. The predicted octanol–water partition coefficient (Wildman–Crippen LogP) is 2.33. The van der Waals surface area contributed by atoms with Crippen molar-refractivity contribution >= 4 is 10.0 Å². The minimum Gasteiger partial charge on any atom is -0.208 e. The zero-order chi connectivity index (χ0) is 12.5. The molecule has 17 heavy (non-hydrogen) atoms. The average molecular weight is 253 g/mol. The minimum atomic E-state index is -3.29. The van der Waals surface area contributed by atoms with Gasteiger partial charge in [-0.15, -0.1) is 0 Å². The van der Waals surface area contributed by atoms with E-state index < -0.39 is 10.0 Å². The summed E-state index contributed by atoms with van der Waals surface area (Å²) in [4.78, 5) is 0.372. The lowest BCUT2D eigenvalue weighted by Gasteiger charge is -2.08. The second kappa shape index (κ2) is 4.78. The molecule has 1 fully saturated rings. The van der Waals surface area contributed by atoms with E-state index in [0.29, 0.717) is 10.8 Å². The van der Waals surface area contributed by atoms with Crippen molar-refractivity contribution in [2.75, 3.05) is 0 Å². The van der Waals surface area contributed by atoms with Crippen molar-refractivity contribution in [3.05, 3.63) is 29.8 Å². The Kier molecular flexibility index (Phi) is 3.54. The molecular weight excluding hydrogens is 234 g/mol. The summed E-state index contributed by atoms with van der Waals surface area (Å²) >= 11 is 0. The number of hydrogen-bond acceptors (Lipinski definition) is 2. The van der Waals surface area contributed by atoms with Gasteiger partial charge < -0.3 is 0 Å². The van der Waals surface area contributed by atoms with Gasteiger partial charge >= 0.3 is 0 Å². The van der Waals surface area contributed by atoms with Crippen molar-refractivity contribution in [3.63, 3.8) is 0 Å². The molecule has 1 aliphatic rings. The van der Waals surface area contributed by atoms with Gasteiger partial charge in [-0.3, -0.25) is 0 Å². The van der Waals surface area contributed by atoms with Gasteiger partial charge in [-0.2, -0.15) is 0 Å². The first-order chi connectivity index (χ1) is 7.97. The molecule has 0 bridgehead atoms. The van der Waals surface area contributed by atoms with Crippen molar-refractivity contribution in [2.45, 2.75) is 44.0 Å². The summed E-state index contributed by atoms with van der Waals surface area (Å²) in [7, 11) is -3.29. The highest BCUT2D eigenvalue weighted by molar-refractivity contribution is 7.89. The Bertz CT molecular complexity index is 473. The first kappa shape index (κ1) is 12.6. The molecule has 3 nitrogen and oxygen atoms in total. The maximum atomic E-state index is 11.9. The summed E-state index contributed by atoms with van der Waals surface area (Å²) in [5.41, 5.74) is 1.19. The van der Waals surface area contributed by atoms with Crippen molar-refractivity contribution < 1.29 is 8.42 Å². The van der Waals surface area contributed by atoms with Gasteiger partial charge in [0.2, 0.25) is 10.0 Å². The van der Waals surface area contributed by atoms with Crippen LogP contribution in [0, 0.1) is 5.92 Å². The third kappa shape index (κ3) is 3.54. The molecule has 0 aliphatic heterocycles. The molecule has 1 aliphatic carbocycles. The van der Waals surface area contributed by atoms with Crippen LogP contribution in [0.5, 0.6) is 0 Å². The molecule has 0 aromatic heterocycles. The number of benzene rings is 1. The monoisotopic (exact) mass is 253 g/mol. The number of hydrogen-bond donors (Lipinski definition) is 1. The van der Waals surface area contributed by atoms with Crippen molar-refractivity contribution in [3.8, 4) is 0 Å². The minimum absolute atomic E-state index is 0.162. The van der Waals surface area contributed by atoms with Crippen LogP contribution in [0.2, 0.25) is 0 Å². The van der Waals surface area contributed by atoms with E-state index in [1.54, 1.807) is 12.1 Å². The van der Waals surface area contributed by atoms with E-state index in [2.05, 4.69) is 18.6 Å². The molecular formula is C13H19NO2S. The van der Waals surface area contributed by atoms with Crippen molar-refractivity contribution in [2.24, 2.45) is 5.92 Å². The molecule has 0 unspecified atom stereocenters. The highest BCUT2D eigenvalue weighted by atomic mass is 32.2. The predicted molar refractivity (Wildman–Crippen MR) is 68.3 cm³/mol. The molecule has 1 aromatic rings. The van der Waals surface area contributed by atoms with Gasteiger partial charge in [0.25, 0.3) is 0 Å². The molecule has 94 valence electrons. The molecule has 1 aromatic carbocycles. The van der Waals surface area contributed by atoms with Gasteiger partial charge in [-0.25, -0.2) is 13.1 Å². The Hall–Kier alpha value is -0.870. The topological polar surface area (TPSA) is 46.2 Å². The number of sulfonamides is 1. The van der Waals surface area contributed by atoms with Gasteiger partial charge in [0.15, 0.2) is 0 Å². The van der Waals surface area contributed by atoms with Crippen molar-refractivity contribution in [1.29, 1.82) is 0 Å². The third-order valence-corrected chi connectivity index (χ3v) is 4.31. The van der Waals surface area contributed by atoms with Gasteiger partial charge in [0.1, 0.15) is 0 Å². The van der Waals surface area contributed by atoms with Gasteiger partial charge in [0.05, 0.1) is 4.90 Å². The summed E-state index contributed by atoms with van der Waals surface area (Å²) < 4.78 is 26.5. The lowest BCUT2D eigenvalue weighted by Crippen LogP contribution is -2.25. The van der Waals surface area contributed by atoms with Gasteiger partial charge in [-0.05, 0) is 42.9 Å².